The Labute approximate surface area is 157 Å². The molecular weight excluding hydrogens is 332 g/mol. The van der Waals surface area contributed by atoms with Crippen molar-refractivity contribution in [1.29, 1.82) is 0 Å². The van der Waals surface area contributed by atoms with Crippen LogP contribution in [0.1, 0.15) is 38.2 Å². The minimum Gasteiger partial charge on any atom is -0.379 e. The Bertz CT molecular complexity index is 480. The number of hydrogen-bond donors (Lipinski definition) is 1. The van der Waals surface area contributed by atoms with Crippen LogP contribution in [0.15, 0.2) is 24.5 Å². The van der Waals surface area contributed by atoms with E-state index in [-0.39, 0.29) is 0 Å². The van der Waals surface area contributed by atoms with E-state index in [2.05, 4.69) is 33.1 Å². The Kier molecular flexibility index (Phi) is 9.77. The van der Waals surface area contributed by atoms with E-state index in [0.717, 1.165) is 57.6 Å². The summed E-state index contributed by atoms with van der Waals surface area (Å²) in [5.41, 5.74) is 1.19. The summed E-state index contributed by atoms with van der Waals surface area (Å²) in [6.07, 6.45) is 8.74. The molecular formula is C19H32N4OS. The number of unbranched alkanes of at least 4 members (excludes halogenated alkanes) is 3. The van der Waals surface area contributed by atoms with Gasteiger partial charge in [-0.05, 0) is 30.3 Å². The zero-order chi connectivity index (χ0) is 17.7. The third-order valence-corrected chi connectivity index (χ3v) is 4.88. The average molecular weight is 365 g/mol. The number of aromatic nitrogens is 1. The van der Waals surface area contributed by atoms with Gasteiger partial charge in [0, 0.05) is 51.7 Å². The Hall–Kier alpha value is -1.24. The van der Waals surface area contributed by atoms with Gasteiger partial charge in [0.1, 0.15) is 0 Å². The second kappa shape index (κ2) is 12.2. The van der Waals surface area contributed by atoms with Gasteiger partial charge in [0.05, 0.1) is 13.2 Å². The monoisotopic (exact) mass is 364 g/mol. The number of pyridine rings is 1. The fraction of sp³-hybridized carbons (Fsp3) is 0.684. The molecule has 1 aromatic rings. The van der Waals surface area contributed by atoms with E-state index in [4.69, 9.17) is 17.0 Å². The van der Waals surface area contributed by atoms with Crippen LogP contribution in [0.3, 0.4) is 0 Å². The van der Waals surface area contributed by atoms with Gasteiger partial charge in [0.2, 0.25) is 0 Å². The highest BCUT2D eigenvalue weighted by molar-refractivity contribution is 7.80. The first-order chi connectivity index (χ1) is 12.3. The Morgan fingerprint density at radius 3 is 2.88 bits per heavy atom. The summed E-state index contributed by atoms with van der Waals surface area (Å²) in [6, 6.07) is 4.09. The van der Waals surface area contributed by atoms with Crippen LogP contribution in [-0.4, -0.2) is 65.8 Å². The maximum atomic E-state index is 5.67. The van der Waals surface area contributed by atoms with Gasteiger partial charge in [-0.15, -0.1) is 0 Å². The standard InChI is InChI=1S/C19H32N4OS/c1-2-3-4-5-9-21-19(25)23(17-18-7-6-8-20-16-18)11-10-22-12-14-24-15-13-22/h6-8,16H,2-5,9-15,17H2,1H3,(H,21,25). The first-order valence-corrected chi connectivity index (χ1v) is 9.92. The molecule has 0 spiro atoms. The highest BCUT2D eigenvalue weighted by Crippen LogP contribution is 2.06. The van der Waals surface area contributed by atoms with E-state index in [9.17, 15) is 0 Å². The second-order valence-electron chi connectivity index (χ2n) is 6.53. The number of nitrogens with one attached hydrogen (secondary N) is 1. The highest BCUT2D eigenvalue weighted by Gasteiger charge is 2.15. The van der Waals surface area contributed by atoms with Crippen molar-refractivity contribution < 1.29 is 4.74 Å². The fourth-order valence-corrected chi connectivity index (χ4v) is 3.17. The normalized spacial score (nSPS) is 15.1. The average Bonchev–Trinajstić information content (AvgIpc) is 2.66. The molecule has 0 saturated carbocycles. The predicted molar refractivity (Wildman–Crippen MR) is 107 cm³/mol. The quantitative estimate of drug-likeness (QED) is 0.508. The summed E-state index contributed by atoms with van der Waals surface area (Å²) in [5, 5.41) is 4.30. The molecule has 25 heavy (non-hydrogen) atoms. The molecule has 0 amide bonds. The maximum absolute atomic E-state index is 5.67. The topological polar surface area (TPSA) is 40.6 Å². The van der Waals surface area contributed by atoms with Gasteiger partial charge in [0.15, 0.2) is 5.11 Å². The minimum absolute atomic E-state index is 0.805. The first kappa shape index (κ1) is 20.1. The van der Waals surface area contributed by atoms with Crippen LogP contribution < -0.4 is 5.32 Å². The summed E-state index contributed by atoms with van der Waals surface area (Å²) >= 11 is 5.67. The van der Waals surface area contributed by atoms with Crippen LogP contribution in [0.2, 0.25) is 0 Å². The number of thiocarbonyl (C=S) groups is 1. The van der Waals surface area contributed by atoms with Crippen LogP contribution >= 0.6 is 12.2 Å². The molecule has 1 saturated heterocycles. The second-order valence-corrected chi connectivity index (χ2v) is 6.92. The van der Waals surface area contributed by atoms with Crippen LogP contribution in [0.4, 0.5) is 0 Å². The fourth-order valence-electron chi connectivity index (χ4n) is 2.91. The third-order valence-electron chi connectivity index (χ3n) is 4.48. The molecule has 0 aliphatic carbocycles. The van der Waals surface area contributed by atoms with Crippen LogP contribution in [0, 0.1) is 0 Å². The summed E-state index contributed by atoms with van der Waals surface area (Å²) < 4.78 is 5.43. The van der Waals surface area contributed by atoms with E-state index in [1.807, 2.05) is 18.5 Å². The zero-order valence-corrected chi connectivity index (χ0v) is 16.3. The molecule has 1 fully saturated rings. The molecule has 0 aromatic carbocycles. The van der Waals surface area contributed by atoms with Crippen molar-refractivity contribution in [2.24, 2.45) is 0 Å². The SMILES string of the molecule is CCCCCCNC(=S)N(CCN1CCOCC1)Cc1cccnc1. The Balaban J connectivity index is 1.82. The van der Waals surface area contributed by atoms with Crippen molar-refractivity contribution in [3.05, 3.63) is 30.1 Å². The Morgan fingerprint density at radius 1 is 1.32 bits per heavy atom. The van der Waals surface area contributed by atoms with Gasteiger partial charge in [-0.1, -0.05) is 32.3 Å². The van der Waals surface area contributed by atoms with E-state index in [1.54, 1.807) is 0 Å². The summed E-state index contributed by atoms with van der Waals surface area (Å²) in [6.45, 7) is 9.64. The molecule has 1 aliphatic heterocycles. The molecule has 1 N–H and O–H groups in total. The molecule has 5 nitrogen and oxygen atoms in total. The van der Waals surface area contributed by atoms with Gasteiger partial charge in [0.25, 0.3) is 0 Å². The molecule has 0 unspecified atom stereocenters. The minimum atomic E-state index is 0.805. The van der Waals surface area contributed by atoms with E-state index >= 15 is 0 Å². The molecule has 140 valence electrons. The molecule has 6 heteroatoms. The lowest BCUT2D eigenvalue weighted by atomic mass is 10.2. The van der Waals surface area contributed by atoms with Crippen molar-refractivity contribution in [3.8, 4) is 0 Å². The van der Waals surface area contributed by atoms with Gasteiger partial charge in [-0.2, -0.15) is 0 Å². The van der Waals surface area contributed by atoms with Crippen molar-refractivity contribution in [1.82, 2.24) is 20.1 Å². The van der Waals surface area contributed by atoms with Crippen LogP contribution in [0.5, 0.6) is 0 Å². The van der Waals surface area contributed by atoms with Gasteiger partial charge >= 0.3 is 0 Å². The summed E-state index contributed by atoms with van der Waals surface area (Å²) in [7, 11) is 0. The van der Waals surface area contributed by atoms with Crippen molar-refractivity contribution in [2.45, 2.75) is 39.2 Å². The van der Waals surface area contributed by atoms with Gasteiger partial charge in [-0.3, -0.25) is 9.88 Å². The van der Waals surface area contributed by atoms with Gasteiger partial charge in [-0.25, -0.2) is 0 Å². The molecule has 1 aromatic heterocycles. The zero-order valence-electron chi connectivity index (χ0n) is 15.5. The summed E-state index contributed by atoms with van der Waals surface area (Å²) in [5.74, 6) is 0. The third kappa shape index (κ3) is 8.12. The van der Waals surface area contributed by atoms with Crippen molar-refractivity contribution in [3.63, 3.8) is 0 Å². The highest BCUT2D eigenvalue weighted by atomic mass is 32.1. The van der Waals surface area contributed by atoms with E-state index < -0.39 is 0 Å². The van der Waals surface area contributed by atoms with Gasteiger partial charge < -0.3 is 15.0 Å². The van der Waals surface area contributed by atoms with Crippen LogP contribution in [0.25, 0.3) is 0 Å². The molecule has 2 rings (SSSR count). The van der Waals surface area contributed by atoms with Crippen LogP contribution in [-0.2, 0) is 11.3 Å². The number of nitrogens with zero attached hydrogens (tertiary/aromatic N) is 3. The molecule has 0 atom stereocenters. The first-order valence-electron chi connectivity index (χ1n) is 9.51. The van der Waals surface area contributed by atoms with E-state index in [0.29, 0.717) is 0 Å². The largest absolute Gasteiger partial charge is 0.379 e. The number of hydrogen-bond acceptors (Lipinski definition) is 4. The molecule has 0 radical (unpaired) electrons. The lowest BCUT2D eigenvalue weighted by Crippen LogP contribution is -2.45. The summed E-state index contributed by atoms with van der Waals surface area (Å²) in [4.78, 5) is 8.94. The number of morpholine rings is 1. The van der Waals surface area contributed by atoms with Crippen molar-refractivity contribution >= 4 is 17.3 Å². The predicted octanol–water partition coefficient (Wildman–Crippen LogP) is 2.67. The smallest absolute Gasteiger partial charge is 0.169 e. The van der Waals surface area contributed by atoms with Crippen molar-refractivity contribution in [2.75, 3.05) is 45.9 Å². The lowest BCUT2D eigenvalue weighted by Gasteiger charge is -2.31. The molecule has 1 aliphatic rings. The molecule has 0 bridgehead atoms. The van der Waals surface area contributed by atoms with E-state index in [1.165, 1.54) is 31.2 Å². The lowest BCUT2D eigenvalue weighted by molar-refractivity contribution is 0.0357. The number of rotatable bonds is 10. The maximum Gasteiger partial charge on any atom is 0.169 e. The Morgan fingerprint density at radius 2 is 2.16 bits per heavy atom. The number of ether oxygens (including phenoxy) is 1. The molecule has 2 heterocycles.